The fraction of sp³-hybridized carbons (Fsp3) is 0.467. The van der Waals surface area contributed by atoms with Crippen LogP contribution in [-0.2, 0) is 17.9 Å². The molecule has 1 N–H and O–H groups in total. The summed E-state index contributed by atoms with van der Waals surface area (Å²) in [5.74, 6) is -0.441. The lowest BCUT2D eigenvalue weighted by Crippen LogP contribution is -2.50. The van der Waals surface area contributed by atoms with E-state index < -0.39 is 12.0 Å². The smallest absolute Gasteiger partial charge is 0.327 e. The highest BCUT2D eigenvalue weighted by molar-refractivity contribution is 8.00. The number of hydrogen-bond donors (Lipinski definition) is 1. The molecular weight excluding hydrogens is 288 g/mol. The van der Waals surface area contributed by atoms with Crippen molar-refractivity contribution in [3.05, 3.63) is 35.4 Å². The number of carbonyl (C=O) groups excluding carboxylic acids is 1. The molecule has 21 heavy (non-hydrogen) atoms. The molecule has 0 spiro atoms. The zero-order chi connectivity index (χ0) is 15.0. The van der Waals surface area contributed by atoms with Crippen molar-refractivity contribution in [2.45, 2.75) is 37.8 Å². The first-order valence-electron chi connectivity index (χ1n) is 7.10. The molecule has 2 aliphatic heterocycles. The van der Waals surface area contributed by atoms with Crippen molar-refractivity contribution < 1.29 is 14.7 Å². The molecule has 2 unspecified atom stereocenters. The van der Waals surface area contributed by atoms with Crippen LogP contribution in [0, 0.1) is 0 Å². The van der Waals surface area contributed by atoms with E-state index in [9.17, 15) is 14.7 Å². The Hall–Kier alpha value is -1.69. The van der Waals surface area contributed by atoms with E-state index in [1.165, 1.54) is 0 Å². The Morgan fingerprint density at radius 1 is 1.29 bits per heavy atom. The molecule has 2 heterocycles. The van der Waals surface area contributed by atoms with E-state index in [-0.39, 0.29) is 11.4 Å². The first-order valence-corrected chi connectivity index (χ1v) is 8.15. The Kier molecular flexibility index (Phi) is 3.80. The molecule has 0 aromatic heterocycles. The molecule has 5 nitrogen and oxygen atoms in total. The molecular formula is C15H18N2O3S. The Labute approximate surface area is 127 Å². The van der Waals surface area contributed by atoms with Gasteiger partial charge < -0.3 is 10.0 Å². The van der Waals surface area contributed by atoms with Crippen molar-refractivity contribution in [1.82, 2.24) is 9.80 Å². The van der Waals surface area contributed by atoms with Gasteiger partial charge in [-0.1, -0.05) is 31.2 Å². The van der Waals surface area contributed by atoms with Gasteiger partial charge in [-0.05, 0) is 17.5 Å². The summed E-state index contributed by atoms with van der Waals surface area (Å²) in [6, 6.07) is 7.10. The first kappa shape index (κ1) is 14.3. The molecule has 1 aromatic rings. The third-order valence-electron chi connectivity index (χ3n) is 4.06. The monoisotopic (exact) mass is 306 g/mol. The van der Waals surface area contributed by atoms with Gasteiger partial charge in [0.2, 0.25) is 0 Å². The minimum absolute atomic E-state index is 0.0395. The lowest BCUT2D eigenvalue weighted by Gasteiger charge is -2.31. The Bertz CT molecular complexity index is 553. The Balaban J connectivity index is 1.80. The molecule has 1 fully saturated rings. The van der Waals surface area contributed by atoms with Crippen molar-refractivity contribution in [3.63, 3.8) is 0 Å². The van der Waals surface area contributed by atoms with Crippen LogP contribution in [-0.4, -0.2) is 44.1 Å². The largest absolute Gasteiger partial charge is 0.480 e. The van der Waals surface area contributed by atoms with E-state index in [1.807, 2.05) is 31.2 Å². The molecule has 1 saturated heterocycles. The number of urea groups is 1. The maximum absolute atomic E-state index is 12.8. The van der Waals surface area contributed by atoms with Gasteiger partial charge in [0, 0.05) is 18.8 Å². The van der Waals surface area contributed by atoms with Gasteiger partial charge in [0.15, 0.2) is 0 Å². The molecule has 2 amide bonds. The average molecular weight is 306 g/mol. The van der Waals surface area contributed by atoms with E-state index in [0.717, 1.165) is 17.5 Å². The zero-order valence-electron chi connectivity index (χ0n) is 11.9. The van der Waals surface area contributed by atoms with Crippen molar-refractivity contribution in [2.75, 3.05) is 5.75 Å². The third kappa shape index (κ3) is 2.48. The highest BCUT2D eigenvalue weighted by Gasteiger charge is 2.43. The minimum atomic E-state index is -0.913. The van der Waals surface area contributed by atoms with Crippen LogP contribution in [0.2, 0.25) is 0 Å². The van der Waals surface area contributed by atoms with Gasteiger partial charge in [-0.2, -0.15) is 0 Å². The highest BCUT2D eigenvalue weighted by atomic mass is 32.2. The van der Waals surface area contributed by atoms with Gasteiger partial charge in [0.25, 0.3) is 0 Å². The summed E-state index contributed by atoms with van der Waals surface area (Å²) in [7, 11) is 0. The summed E-state index contributed by atoms with van der Waals surface area (Å²) >= 11 is 1.56. The van der Waals surface area contributed by atoms with E-state index in [4.69, 9.17) is 0 Å². The minimum Gasteiger partial charge on any atom is -0.480 e. The van der Waals surface area contributed by atoms with Gasteiger partial charge in [-0.25, -0.2) is 9.59 Å². The summed E-state index contributed by atoms with van der Waals surface area (Å²) in [6.45, 7) is 3.12. The maximum Gasteiger partial charge on any atom is 0.327 e. The molecule has 6 heteroatoms. The van der Waals surface area contributed by atoms with Gasteiger partial charge in [0.1, 0.15) is 6.04 Å². The Morgan fingerprint density at radius 2 is 1.90 bits per heavy atom. The summed E-state index contributed by atoms with van der Waals surface area (Å²) in [5, 5.41) is 9.30. The van der Waals surface area contributed by atoms with Gasteiger partial charge in [-0.3, -0.25) is 4.90 Å². The number of aliphatic carboxylic acids is 1. The molecule has 0 aliphatic carbocycles. The van der Waals surface area contributed by atoms with Gasteiger partial charge in [0.05, 0.1) is 5.37 Å². The number of fused-ring (bicyclic) bond motifs is 1. The fourth-order valence-electron chi connectivity index (χ4n) is 2.96. The van der Waals surface area contributed by atoms with E-state index >= 15 is 0 Å². The number of thioether (sulfide) groups is 1. The van der Waals surface area contributed by atoms with Crippen LogP contribution < -0.4 is 0 Å². The molecule has 3 rings (SSSR count). The summed E-state index contributed by atoms with van der Waals surface area (Å²) in [6.07, 6.45) is 0.765. The van der Waals surface area contributed by atoms with Crippen LogP contribution in [0.15, 0.2) is 24.3 Å². The molecule has 0 bridgehead atoms. The number of hydrogen-bond acceptors (Lipinski definition) is 3. The van der Waals surface area contributed by atoms with Gasteiger partial charge >= 0.3 is 12.0 Å². The molecule has 1 aromatic carbocycles. The lowest BCUT2D eigenvalue weighted by atomic mass is 10.1. The van der Waals surface area contributed by atoms with Crippen LogP contribution in [0.4, 0.5) is 4.79 Å². The summed E-state index contributed by atoms with van der Waals surface area (Å²) in [4.78, 5) is 27.5. The number of nitrogens with zero attached hydrogens (tertiary/aromatic N) is 2. The first-order chi connectivity index (χ1) is 10.1. The van der Waals surface area contributed by atoms with E-state index in [0.29, 0.717) is 18.8 Å². The molecule has 112 valence electrons. The highest BCUT2D eigenvalue weighted by Crippen LogP contribution is 2.34. The molecule has 2 atom stereocenters. The third-order valence-corrected chi connectivity index (χ3v) is 5.51. The maximum atomic E-state index is 12.8. The topological polar surface area (TPSA) is 60.9 Å². The molecule has 0 radical (unpaired) electrons. The molecule has 0 saturated carbocycles. The summed E-state index contributed by atoms with van der Waals surface area (Å²) < 4.78 is 0. The second-order valence-corrected chi connectivity index (χ2v) is 6.58. The number of carbonyl (C=O) groups is 2. The van der Waals surface area contributed by atoms with E-state index in [1.54, 1.807) is 21.6 Å². The number of carboxylic acid groups (broad SMARTS) is 1. The normalized spacial score (nSPS) is 24.2. The van der Waals surface area contributed by atoms with Gasteiger partial charge in [-0.15, -0.1) is 11.8 Å². The van der Waals surface area contributed by atoms with E-state index in [2.05, 4.69) is 0 Å². The fourth-order valence-corrected chi connectivity index (χ4v) is 4.30. The standard InChI is InChI=1S/C15H18N2O3S/c1-2-13-17(12(9-21-13)14(18)19)15(20)16-7-10-5-3-4-6-11(10)8-16/h3-6,12-13H,2,7-9H2,1H3,(H,18,19). The second kappa shape index (κ2) is 5.60. The van der Waals surface area contributed by atoms with Crippen molar-refractivity contribution in [3.8, 4) is 0 Å². The second-order valence-electron chi connectivity index (χ2n) is 5.36. The van der Waals surface area contributed by atoms with Crippen molar-refractivity contribution in [2.24, 2.45) is 0 Å². The lowest BCUT2D eigenvalue weighted by molar-refractivity contribution is -0.141. The number of rotatable bonds is 2. The Morgan fingerprint density at radius 3 is 2.43 bits per heavy atom. The number of carboxylic acids is 1. The molecule has 2 aliphatic rings. The van der Waals surface area contributed by atoms with Crippen molar-refractivity contribution >= 4 is 23.8 Å². The zero-order valence-corrected chi connectivity index (χ0v) is 12.7. The number of benzene rings is 1. The predicted molar refractivity (Wildman–Crippen MR) is 80.9 cm³/mol. The average Bonchev–Trinajstić information content (AvgIpc) is 3.09. The van der Waals surface area contributed by atoms with Crippen LogP contribution >= 0.6 is 11.8 Å². The van der Waals surface area contributed by atoms with Crippen LogP contribution in [0.1, 0.15) is 24.5 Å². The predicted octanol–water partition coefficient (Wildman–Crippen LogP) is 2.36. The SMILES string of the molecule is CCC1SCC(C(=O)O)N1C(=O)N1Cc2ccccc2C1. The van der Waals surface area contributed by atoms with Crippen LogP contribution in [0.25, 0.3) is 0 Å². The van der Waals surface area contributed by atoms with Crippen LogP contribution in [0.5, 0.6) is 0 Å². The van der Waals surface area contributed by atoms with Crippen LogP contribution in [0.3, 0.4) is 0 Å². The summed E-state index contributed by atoms with van der Waals surface area (Å²) in [5.41, 5.74) is 2.30. The van der Waals surface area contributed by atoms with Crippen molar-refractivity contribution in [1.29, 1.82) is 0 Å². The quantitative estimate of drug-likeness (QED) is 0.911. The number of amides is 2.